The van der Waals surface area contributed by atoms with E-state index in [2.05, 4.69) is 5.32 Å². The highest BCUT2D eigenvalue weighted by Crippen LogP contribution is 2.25. The number of benzene rings is 1. The normalized spacial score (nSPS) is 16.7. The fourth-order valence-electron chi connectivity index (χ4n) is 2.26. The van der Waals surface area contributed by atoms with Crippen LogP contribution in [0.5, 0.6) is 0 Å². The molecule has 6 heteroatoms. The molecule has 2 rings (SSSR count). The first-order chi connectivity index (χ1) is 9.86. The van der Waals surface area contributed by atoms with Crippen LogP contribution in [-0.4, -0.2) is 41.2 Å². The Labute approximate surface area is 123 Å². The number of hydrogen-bond acceptors (Lipinski definition) is 4. The maximum absolute atomic E-state index is 12.4. The van der Waals surface area contributed by atoms with Gasteiger partial charge in [0.2, 0.25) is 5.91 Å². The third-order valence-corrected chi connectivity index (χ3v) is 3.58. The maximum atomic E-state index is 12.4. The summed E-state index contributed by atoms with van der Waals surface area (Å²) in [6.45, 7) is 5.43. The van der Waals surface area contributed by atoms with Gasteiger partial charge in [0.15, 0.2) is 0 Å². The first-order valence-electron chi connectivity index (χ1n) is 6.85. The molecule has 21 heavy (non-hydrogen) atoms. The van der Waals surface area contributed by atoms with Crippen molar-refractivity contribution >= 4 is 17.7 Å². The molecule has 3 N–H and O–H groups in total. The fourth-order valence-corrected chi connectivity index (χ4v) is 2.26. The Morgan fingerprint density at radius 2 is 1.86 bits per heavy atom. The number of aryl methyl sites for hydroxylation is 1. The van der Waals surface area contributed by atoms with E-state index in [1.807, 2.05) is 6.92 Å². The molecule has 0 spiro atoms. The molecule has 1 aromatic carbocycles. The minimum Gasteiger partial charge on any atom is -0.351 e. The summed E-state index contributed by atoms with van der Waals surface area (Å²) >= 11 is 0. The zero-order chi connectivity index (χ0) is 15.7. The Bertz CT molecular complexity index is 612. The molecular formula is C15H19N3O3. The molecule has 0 fully saturated rings. The lowest BCUT2D eigenvalue weighted by Crippen LogP contribution is -2.51. The number of amides is 3. The molecular weight excluding hydrogens is 270 g/mol. The highest BCUT2D eigenvalue weighted by molar-refractivity contribution is 6.22. The van der Waals surface area contributed by atoms with Crippen LogP contribution >= 0.6 is 0 Å². The third-order valence-electron chi connectivity index (χ3n) is 3.58. The van der Waals surface area contributed by atoms with Gasteiger partial charge in [-0.3, -0.25) is 19.3 Å². The highest BCUT2D eigenvalue weighted by Gasteiger charge is 2.40. The van der Waals surface area contributed by atoms with Crippen LogP contribution in [0.1, 0.15) is 40.1 Å². The Morgan fingerprint density at radius 1 is 1.24 bits per heavy atom. The summed E-state index contributed by atoms with van der Waals surface area (Å²) in [4.78, 5) is 37.8. The van der Waals surface area contributed by atoms with E-state index in [1.54, 1.807) is 25.1 Å². The van der Waals surface area contributed by atoms with E-state index in [0.29, 0.717) is 17.7 Å². The lowest BCUT2D eigenvalue weighted by atomic mass is 10.1. The van der Waals surface area contributed by atoms with Gasteiger partial charge in [-0.1, -0.05) is 11.6 Å². The van der Waals surface area contributed by atoms with E-state index >= 15 is 0 Å². The van der Waals surface area contributed by atoms with Gasteiger partial charge < -0.3 is 11.1 Å². The number of nitrogens with zero attached hydrogens (tertiary/aromatic N) is 1. The zero-order valence-electron chi connectivity index (χ0n) is 12.3. The van der Waals surface area contributed by atoms with Crippen LogP contribution in [0.3, 0.4) is 0 Å². The topological polar surface area (TPSA) is 92.5 Å². The molecule has 3 amide bonds. The summed E-state index contributed by atoms with van der Waals surface area (Å²) in [6, 6.07) is 3.99. The number of hydrogen-bond donors (Lipinski definition) is 2. The number of nitrogens with one attached hydrogen (secondary N) is 1. The molecule has 1 heterocycles. The number of rotatable bonds is 4. The van der Waals surface area contributed by atoms with Crippen molar-refractivity contribution in [2.24, 2.45) is 5.73 Å². The Kier molecular flexibility index (Phi) is 4.09. The molecule has 0 aromatic heterocycles. The van der Waals surface area contributed by atoms with Crippen LogP contribution in [0.4, 0.5) is 0 Å². The molecule has 0 bridgehead atoms. The Hall–Kier alpha value is -2.21. The average Bonchev–Trinajstić information content (AvgIpc) is 2.69. The van der Waals surface area contributed by atoms with E-state index in [9.17, 15) is 14.4 Å². The summed E-state index contributed by atoms with van der Waals surface area (Å²) in [5.74, 6) is -1.25. The van der Waals surface area contributed by atoms with Gasteiger partial charge in [0.25, 0.3) is 11.8 Å². The molecule has 1 unspecified atom stereocenters. The monoisotopic (exact) mass is 289 g/mol. The van der Waals surface area contributed by atoms with Gasteiger partial charge in [0.1, 0.15) is 6.04 Å². The van der Waals surface area contributed by atoms with Gasteiger partial charge >= 0.3 is 0 Å². The standard InChI is InChI=1S/C15H19N3O3/c1-8-4-5-11-12(6-8)15(21)18(14(11)20)10(3)13(19)17-9(2)7-16/h4-6,9-10H,7,16H2,1-3H3,(H,17,19)/t9-,10?/m0/s1. The van der Waals surface area contributed by atoms with Crippen LogP contribution in [0.15, 0.2) is 18.2 Å². The van der Waals surface area contributed by atoms with Crippen molar-refractivity contribution < 1.29 is 14.4 Å². The van der Waals surface area contributed by atoms with Crippen molar-refractivity contribution in [3.8, 4) is 0 Å². The number of fused-ring (bicyclic) bond motifs is 1. The molecule has 2 atom stereocenters. The second kappa shape index (κ2) is 5.65. The lowest BCUT2D eigenvalue weighted by Gasteiger charge is -2.23. The van der Waals surface area contributed by atoms with Crippen LogP contribution in [0.2, 0.25) is 0 Å². The van der Waals surface area contributed by atoms with Crippen molar-refractivity contribution in [1.82, 2.24) is 10.2 Å². The number of carbonyl (C=O) groups excluding carboxylic acids is 3. The van der Waals surface area contributed by atoms with Gasteiger partial charge in [-0.25, -0.2) is 0 Å². The molecule has 6 nitrogen and oxygen atoms in total. The molecule has 0 saturated carbocycles. The van der Waals surface area contributed by atoms with E-state index in [0.717, 1.165) is 10.5 Å². The Morgan fingerprint density at radius 3 is 2.48 bits per heavy atom. The van der Waals surface area contributed by atoms with Gasteiger partial charge in [-0.2, -0.15) is 0 Å². The summed E-state index contributed by atoms with van der Waals surface area (Å²) in [6.07, 6.45) is 0. The average molecular weight is 289 g/mol. The molecule has 112 valence electrons. The molecule has 1 aliphatic heterocycles. The molecule has 1 aliphatic rings. The molecule has 0 saturated heterocycles. The summed E-state index contributed by atoms with van der Waals surface area (Å²) in [5, 5.41) is 2.68. The van der Waals surface area contributed by atoms with E-state index in [-0.39, 0.29) is 11.9 Å². The fraction of sp³-hybridized carbons (Fsp3) is 0.400. The van der Waals surface area contributed by atoms with Gasteiger partial charge in [0, 0.05) is 12.6 Å². The van der Waals surface area contributed by atoms with Gasteiger partial charge in [-0.05, 0) is 32.9 Å². The summed E-state index contributed by atoms with van der Waals surface area (Å²) in [7, 11) is 0. The largest absolute Gasteiger partial charge is 0.351 e. The highest BCUT2D eigenvalue weighted by atomic mass is 16.2. The van der Waals surface area contributed by atoms with Gasteiger partial charge in [-0.15, -0.1) is 0 Å². The quantitative estimate of drug-likeness (QED) is 0.787. The lowest BCUT2D eigenvalue weighted by molar-refractivity contribution is -0.125. The van der Waals surface area contributed by atoms with E-state index in [4.69, 9.17) is 5.73 Å². The molecule has 1 aromatic rings. The first kappa shape index (κ1) is 15.2. The number of nitrogens with two attached hydrogens (primary N) is 1. The first-order valence-corrected chi connectivity index (χ1v) is 6.85. The maximum Gasteiger partial charge on any atom is 0.262 e. The Balaban J connectivity index is 2.25. The predicted octanol–water partition coefficient (Wildman–Crippen LogP) is 0.443. The van der Waals surface area contributed by atoms with Gasteiger partial charge in [0.05, 0.1) is 11.1 Å². The third kappa shape index (κ3) is 2.67. The van der Waals surface area contributed by atoms with E-state index in [1.165, 1.54) is 6.92 Å². The van der Waals surface area contributed by atoms with Crippen LogP contribution < -0.4 is 11.1 Å². The van der Waals surface area contributed by atoms with Crippen LogP contribution in [0, 0.1) is 6.92 Å². The smallest absolute Gasteiger partial charge is 0.262 e. The summed E-state index contributed by atoms with van der Waals surface area (Å²) < 4.78 is 0. The predicted molar refractivity (Wildman–Crippen MR) is 77.8 cm³/mol. The van der Waals surface area contributed by atoms with Crippen molar-refractivity contribution in [2.75, 3.05) is 6.54 Å². The van der Waals surface area contributed by atoms with Crippen molar-refractivity contribution in [3.63, 3.8) is 0 Å². The minimum absolute atomic E-state index is 0.211. The zero-order valence-corrected chi connectivity index (χ0v) is 12.3. The second-order valence-electron chi connectivity index (χ2n) is 5.35. The molecule has 0 radical (unpaired) electrons. The number of carbonyl (C=O) groups is 3. The van der Waals surface area contributed by atoms with Crippen LogP contribution in [-0.2, 0) is 4.79 Å². The van der Waals surface area contributed by atoms with E-state index < -0.39 is 17.9 Å². The SMILES string of the molecule is Cc1ccc2c(c1)C(=O)N(C(C)C(=O)N[C@@H](C)CN)C2=O. The van der Waals surface area contributed by atoms with Crippen molar-refractivity contribution in [3.05, 3.63) is 34.9 Å². The summed E-state index contributed by atoms with van der Waals surface area (Å²) in [5.41, 5.74) is 7.04. The molecule has 0 aliphatic carbocycles. The minimum atomic E-state index is -0.869. The van der Waals surface area contributed by atoms with Crippen molar-refractivity contribution in [2.45, 2.75) is 32.9 Å². The van der Waals surface area contributed by atoms with Crippen molar-refractivity contribution in [1.29, 1.82) is 0 Å². The number of imide groups is 1. The van der Waals surface area contributed by atoms with Crippen LogP contribution in [0.25, 0.3) is 0 Å². The second-order valence-corrected chi connectivity index (χ2v) is 5.35.